The zero-order valence-corrected chi connectivity index (χ0v) is 16.9. The molecule has 1 fully saturated rings. The quantitative estimate of drug-likeness (QED) is 0.408. The molecule has 1 atom stereocenters. The molecule has 1 saturated heterocycles. The van der Waals surface area contributed by atoms with Gasteiger partial charge in [-0.25, -0.2) is 4.68 Å². The highest BCUT2D eigenvalue weighted by Crippen LogP contribution is 2.12. The predicted octanol–water partition coefficient (Wildman–Crippen LogP) is 2.32. The van der Waals surface area contributed by atoms with Crippen molar-refractivity contribution in [3.8, 4) is 5.69 Å². The third-order valence-corrected chi connectivity index (χ3v) is 4.78. The first kappa shape index (κ1) is 20.4. The minimum atomic E-state index is 0.573. The monoisotopic (exact) mass is 385 g/mol. The van der Waals surface area contributed by atoms with E-state index in [1.807, 2.05) is 55.3 Å². The number of ether oxygens (including phenoxy) is 2. The Morgan fingerprint density at radius 3 is 3.00 bits per heavy atom. The number of aromatic nitrogens is 2. The molecule has 1 aliphatic heterocycles. The number of para-hydroxylation sites is 1. The SMILES string of the molecule is CN=C(NCCCOCC1CCOC1)N(C)Cc1cnn(-c2ccccc2)c1. The predicted molar refractivity (Wildman–Crippen MR) is 111 cm³/mol. The van der Waals surface area contributed by atoms with Gasteiger partial charge in [0.2, 0.25) is 0 Å². The lowest BCUT2D eigenvalue weighted by Gasteiger charge is -2.21. The van der Waals surface area contributed by atoms with E-state index in [-0.39, 0.29) is 0 Å². The van der Waals surface area contributed by atoms with Crippen LogP contribution in [0.3, 0.4) is 0 Å². The number of benzene rings is 1. The van der Waals surface area contributed by atoms with Crippen LogP contribution in [0.1, 0.15) is 18.4 Å². The molecule has 0 saturated carbocycles. The lowest BCUT2D eigenvalue weighted by Crippen LogP contribution is -2.39. The summed E-state index contributed by atoms with van der Waals surface area (Å²) in [5.74, 6) is 1.44. The Morgan fingerprint density at radius 1 is 1.39 bits per heavy atom. The summed E-state index contributed by atoms with van der Waals surface area (Å²) < 4.78 is 13.0. The standard InChI is InChI=1S/C21H31N5O2/c1-22-21(23-10-6-11-27-16-18-9-12-28-17-18)25(2)14-19-13-24-26(15-19)20-7-4-3-5-8-20/h3-5,7-8,13,15,18H,6,9-12,14,16-17H2,1-2H3,(H,22,23). The molecule has 7 heteroatoms. The average Bonchev–Trinajstić information content (AvgIpc) is 3.40. The number of hydrogen-bond acceptors (Lipinski definition) is 4. The van der Waals surface area contributed by atoms with Gasteiger partial charge in [-0.15, -0.1) is 0 Å². The fourth-order valence-corrected chi connectivity index (χ4v) is 3.24. The first-order chi connectivity index (χ1) is 13.8. The Bertz CT molecular complexity index is 725. The van der Waals surface area contributed by atoms with Gasteiger partial charge in [0.05, 0.1) is 25.1 Å². The van der Waals surface area contributed by atoms with Gasteiger partial charge in [0.15, 0.2) is 5.96 Å². The van der Waals surface area contributed by atoms with Gasteiger partial charge < -0.3 is 19.7 Å². The number of aliphatic imine (C=N–C) groups is 1. The molecule has 0 bridgehead atoms. The largest absolute Gasteiger partial charge is 0.381 e. The lowest BCUT2D eigenvalue weighted by molar-refractivity contribution is 0.0887. The zero-order valence-electron chi connectivity index (χ0n) is 16.9. The second kappa shape index (κ2) is 10.8. The molecular weight excluding hydrogens is 354 g/mol. The molecule has 2 heterocycles. The maximum atomic E-state index is 5.75. The summed E-state index contributed by atoms with van der Waals surface area (Å²) in [5, 5.41) is 7.86. The summed E-state index contributed by atoms with van der Waals surface area (Å²) in [6.45, 7) is 4.86. The topological polar surface area (TPSA) is 63.9 Å². The van der Waals surface area contributed by atoms with E-state index < -0.39 is 0 Å². The van der Waals surface area contributed by atoms with Gasteiger partial charge >= 0.3 is 0 Å². The van der Waals surface area contributed by atoms with Gasteiger partial charge in [0.1, 0.15) is 0 Å². The average molecular weight is 386 g/mol. The molecule has 0 radical (unpaired) electrons. The maximum absolute atomic E-state index is 5.75. The zero-order chi connectivity index (χ0) is 19.6. The third-order valence-electron chi connectivity index (χ3n) is 4.78. The second-order valence-corrected chi connectivity index (χ2v) is 7.12. The molecule has 28 heavy (non-hydrogen) atoms. The van der Waals surface area contributed by atoms with Crippen LogP contribution in [0.25, 0.3) is 5.69 Å². The Labute approximate surface area is 167 Å². The third kappa shape index (κ3) is 6.07. The highest BCUT2D eigenvalue weighted by molar-refractivity contribution is 5.79. The molecule has 1 N–H and O–H groups in total. The van der Waals surface area contributed by atoms with E-state index in [1.165, 1.54) is 0 Å². The van der Waals surface area contributed by atoms with Crippen molar-refractivity contribution in [3.05, 3.63) is 48.3 Å². The molecule has 0 amide bonds. The van der Waals surface area contributed by atoms with E-state index in [0.717, 1.165) is 69.6 Å². The second-order valence-electron chi connectivity index (χ2n) is 7.12. The first-order valence-electron chi connectivity index (χ1n) is 9.92. The van der Waals surface area contributed by atoms with Gasteiger partial charge in [0, 0.05) is 58.1 Å². The van der Waals surface area contributed by atoms with Crippen molar-refractivity contribution in [1.29, 1.82) is 0 Å². The minimum Gasteiger partial charge on any atom is -0.381 e. The van der Waals surface area contributed by atoms with Crippen LogP contribution in [0, 0.1) is 5.92 Å². The molecule has 152 valence electrons. The van der Waals surface area contributed by atoms with E-state index in [0.29, 0.717) is 5.92 Å². The summed E-state index contributed by atoms with van der Waals surface area (Å²) in [6.07, 6.45) is 6.03. The Kier molecular flexibility index (Phi) is 7.87. The van der Waals surface area contributed by atoms with E-state index in [1.54, 1.807) is 0 Å². The molecule has 1 aliphatic rings. The Hall–Kier alpha value is -2.38. The van der Waals surface area contributed by atoms with Crippen LogP contribution in [0.15, 0.2) is 47.7 Å². The van der Waals surface area contributed by atoms with Crippen molar-refractivity contribution in [2.45, 2.75) is 19.4 Å². The van der Waals surface area contributed by atoms with Crippen molar-refractivity contribution in [1.82, 2.24) is 20.0 Å². The van der Waals surface area contributed by atoms with Crippen LogP contribution in [0.2, 0.25) is 0 Å². The van der Waals surface area contributed by atoms with Crippen molar-refractivity contribution in [3.63, 3.8) is 0 Å². The molecule has 0 spiro atoms. The van der Waals surface area contributed by atoms with Crippen LogP contribution in [-0.4, -0.2) is 67.7 Å². The number of guanidine groups is 1. The van der Waals surface area contributed by atoms with E-state index >= 15 is 0 Å². The fourth-order valence-electron chi connectivity index (χ4n) is 3.24. The molecule has 1 unspecified atom stereocenters. The molecule has 1 aromatic heterocycles. The molecule has 7 nitrogen and oxygen atoms in total. The Balaban J connectivity index is 1.37. The smallest absolute Gasteiger partial charge is 0.193 e. The van der Waals surface area contributed by atoms with Crippen LogP contribution >= 0.6 is 0 Å². The molecule has 2 aromatic rings. The number of hydrogen-bond donors (Lipinski definition) is 1. The minimum absolute atomic E-state index is 0.573. The van der Waals surface area contributed by atoms with Crippen molar-refractivity contribution < 1.29 is 9.47 Å². The highest BCUT2D eigenvalue weighted by Gasteiger charge is 2.15. The molecule has 3 rings (SSSR count). The van der Waals surface area contributed by atoms with Gasteiger partial charge in [-0.3, -0.25) is 4.99 Å². The molecule has 1 aromatic carbocycles. The van der Waals surface area contributed by atoms with Crippen molar-refractivity contribution in [2.75, 3.05) is 47.1 Å². The summed E-state index contributed by atoms with van der Waals surface area (Å²) >= 11 is 0. The summed E-state index contributed by atoms with van der Waals surface area (Å²) in [5.41, 5.74) is 2.19. The van der Waals surface area contributed by atoms with Gasteiger partial charge in [-0.2, -0.15) is 5.10 Å². The van der Waals surface area contributed by atoms with Crippen LogP contribution in [0.4, 0.5) is 0 Å². The van der Waals surface area contributed by atoms with Crippen LogP contribution < -0.4 is 5.32 Å². The molecule has 0 aliphatic carbocycles. The number of nitrogens with one attached hydrogen (secondary N) is 1. The highest BCUT2D eigenvalue weighted by atomic mass is 16.5. The van der Waals surface area contributed by atoms with Crippen LogP contribution in [-0.2, 0) is 16.0 Å². The Morgan fingerprint density at radius 2 is 2.25 bits per heavy atom. The van der Waals surface area contributed by atoms with Gasteiger partial charge in [0.25, 0.3) is 0 Å². The van der Waals surface area contributed by atoms with Gasteiger partial charge in [-0.05, 0) is 25.0 Å². The number of nitrogens with zero attached hydrogens (tertiary/aromatic N) is 4. The summed E-state index contributed by atoms with van der Waals surface area (Å²) in [6, 6.07) is 10.1. The summed E-state index contributed by atoms with van der Waals surface area (Å²) in [7, 11) is 3.84. The van der Waals surface area contributed by atoms with Crippen molar-refractivity contribution >= 4 is 5.96 Å². The first-order valence-corrected chi connectivity index (χ1v) is 9.92. The van der Waals surface area contributed by atoms with E-state index in [4.69, 9.17) is 9.47 Å². The maximum Gasteiger partial charge on any atom is 0.193 e. The normalized spacial score (nSPS) is 17.1. The van der Waals surface area contributed by atoms with Gasteiger partial charge in [-0.1, -0.05) is 18.2 Å². The summed E-state index contributed by atoms with van der Waals surface area (Å²) in [4.78, 5) is 6.48. The van der Waals surface area contributed by atoms with E-state index in [9.17, 15) is 0 Å². The number of rotatable bonds is 9. The van der Waals surface area contributed by atoms with Crippen molar-refractivity contribution in [2.24, 2.45) is 10.9 Å². The van der Waals surface area contributed by atoms with E-state index in [2.05, 4.69) is 26.5 Å². The van der Waals surface area contributed by atoms with Crippen LogP contribution in [0.5, 0.6) is 0 Å². The fraction of sp³-hybridized carbons (Fsp3) is 0.524. The lowest BCUT2D eigenvalue weighted by atomic mass is 10.1. The molecular formula is C21H31N5O2.